The molecule has 0 aliphatic heterocycles. The minimum Gasteiger partial charge on any atom is -0.494 e. The van der Waals surface area contributed by atoms with Crippen molar-refractivity contribution in [1.82, 2.24) is 9.55 Å². The summed E-state index contributed by atoms with van der Waals surface area (Å²) in [7, 11) is 0. The van der Waals surface area contributed by atoms with Crippen LogP contribution in [0.1, 0.15) is 50.6 Å². The van der Waals surface area contributed by atoms with E-state index >= 15 is 0 Å². The van der Waals surface area contributed by atoms with Gasteiger partial charge in [0.2, 0.25) is 0 Å². The number of fused-ring (bicyclic) bond motifs is 1. The van der Waals surface area contributed by atoms with Crippen molar-refractivity contribution >= 4 is 11.0 Å². The number of unbranched alkanes of at least 4 members (excludes halogenated alkanes) is 1. The van der Waals surface area contributed by atoms with Gasteiger partial charge in [-0.05, 0) is 60.1 Å². The van der Waals surface area contributed by atoms with Crippen molar-refractivity contribution in [3.8, 4) is 5.75 Å². The molecule has 32 heavy (non-hydrogen) atoms. The molecule has 0 N–H and O–H groups in total. The molecule has 0 unspecified atom stereocenters. The zero-order chi connectivity index (χ0) is 22.4. The van der Waals surface area contributed by atoms with Gasteiger partial charge in [0.1, 0.15) is 11.6 Å². The maximum Gasteiger partial charge on any atom is 0.119 e. The molecule has 4 rings (SSSR count). The van der Waals surface area contributed by atoms with E-state index in [2.05, 4.69) is 104 Å². The number of aryl methyl sites for hydroxylation is 3. The fourth-order valence-corrected chi connectivity index (χ4v) is 4.08. The number of para-hydroxylation sites is 2. The predicted molar refractivity (Wildman–Crippen MR) is 133 cm³/mol. The van der Waals surface area contributed by atoms with Crippen molar-refractivity contribution in [2.75, 3.05) is 6.61 Å². The highest BCUT2D eigenvalue weighted by Gasteiger charge is 2.13. The highest BCUT2D eigenvalue weighted by molar-refractivity contribution is 5.75. The Labute approximate surface area is 192 Å². The molecule has 0 saturated heterocycles. The highest BCUT2D eigenvalue weighted by Crippen LogP contribution is 2.24. The van der Waals surface area contributed by atoms with E-state index in [0.717, 1.165) is 50.1 Å². The summed E-state index contributed by atoms with van der Waals surface area (Å²) < 4.78 is 8.39. The minimum atomic E-state index is 0.171. The number of imidazole rings is 1. The maximum atomic E-state index is 5.99. The summed E-state index contributed by atoms with van der Waals surface area (Å²) in [5, 5.41) is 0. The number of hydrogen-bond donors (Lipinski definition) is 0. The summed E-state index contributed by atoms with van der Waals surface area (Å²) in [6.45, 7) is 8.40. The van der Waals surface area contributed by atoms with Crippen molar-refractivity contribution < 1.29 is 4.74 Å². The molecule has 0 amide bonds. The molecule has 0 fully saturated rings. The van der Waals surface area contributed by atoms with Crippen LogP contribution >= 0.6 is 0 Å². The van der Waals surface area contributed by atoms with Crippen LogP contribution in [-0.2, 0) is 24.8 Å². The van der Waals surface area contributed by atoms with Crippen LogP contribution in [0.3, 0.4) is 0 Å². The lowest BCUT2D eigenvalue weighted by Crippen LogP contribution is -2.10. The van der Waals surface area contributed by atoms with Crippen LogP contribution in [0.25, 0.3) is 11.0 Å². The monoisotopic (exact) mass is 426 g/mol. The number of aromatic nitrogens is 2. The average Bonchev–Trinajstić information content (AvgIpc) is 3.15. The first kappa shape index (κ1) is 22.1. The van der Waals surface area contributed by atoms with E-state index in [-0.39, 0.29) is 5.41 Å². The quantitative estimate of drug-likeness (QED) is 0.270. The summed E-state index contributed by atoms with van der Waals surface area (Å²) in [5.41, 5.74) is 5.18. The second-order valence-electron chi connectivity index (χ2n) is 9.48. The van der Waals surface area contributed by atoms with Gasteiger partial charge in [0.25, 0.3) is 0 Å². The van der Waals surface area contributed by atoms with E-state index in [1.54, 1.807) is 0 Å². The summed E-state index contributed by atoms with van der Waals surface area (Å²) in [4.78, 5) is 4.93. The zero-order valence-electron chi connectivity index (χ0n) is 19.6. The number of rotatable bonds is 9. The van der Waals surface area contributed by atoms with Gasteiger partial charge in [0.15, 0.2) is 0 Å². The number of hydrogen-bond acceptors (Lipinski definition) is 2. The fourth-order valence-electron chi connectivity index (χ4n) is 4.08. The van der Waals surface area contributed by atoms with Gasteiger partial charge in [0.05, 0.1) is 17.6 Å². The van der Waals surface area contributed by atoms with Crippen LogP contribution in [0, 0.1) is 0 Å². The molecule has 3 heteroatoms. The maximum absolute atomic E-state index is 5.99. The molecule has 3 aromatic carbocycles. The van der Waals surface area contributed by atoms with Gasteiger partial charge in [-0.15, -0.1) is 0 Å². The zero-order valence-corrected chi connectivity index (χ0v) is 19.6. The van der Waals surface area contributed by atoms with E-state index in [1.807, 2.05) is 0 Å². The van der Waals surface area contributed by atoms with Crippen LogP contribution in [-0.4, -0.2) is 16.2 Å². The van der Waals surface area contributed by atoms with Crippen LogP contribution < -0.4 is 4.74 Å². The fraction of sp³-hybridized carbons (Fsp3) is 0.345. The van der Waals surface area contributed by atoms with Gasteiger partial charge in [-0.1, -0.05) is 75.4 Å². The van der Waals surface area contributed by atoms with Crippen LogP contribution in [0.4, 0.5) is 0 Å². The van der Waals surface area contributed by atoms with Crippen LogP contribution in [0.15, 0.2) is 78.9 Å². The summed E-state index contributed by atoms with van der Waals surface area (Å²) >= 11 is 0. The smallest absolute Gasteiger partial charge is 0.119 e. The summed E-state index contributed by atoms with van der Waals surface area (Å²) in [5.74, 6) is 2.13. The Morgan fingerprint density at radius 2 is 1.50 bits per heavy atom. The van der Waals surface area contributed by atoms with Crippen molar-refractivity contribution in [3.63, 3.8) is 0 Å². The molecular weight excluding hydrogens is 392 g/mol. The van der Waals surface area contributed by atoms with Crippen LogP contribution in [0.2, 0.25) is 0 Å². The van der Waals surface area contributed by atoms with Crippen molar-refractivity contribution in [3.05, 3.63) is 95.8 Å². The first-order chi connectivity index (χ1) is 15.5. The second kappa shape index (κ2) is 10.0. The van der Waals surface area contributed by atoms with Gasteiger partial charge in [0, 0.05) is 13.0 Å². The summed E-state index contributed by atoms with van der Waals surface area (Å²) in [6, 6.07) is 27.7. The van der Waals surface area contributed by atoms with E-state index in [9.17, 15) is 0 Å². The molecular formula is C29H34N2O. The van der Waals surface area contributed by atoms with Gasteiger partial charge in [-0.3, -0.25) is 0 Å². The topological polar surface area (TPSA) is 27.1 Å². The Kier molecular flexibility index (Phi) is 6.94. The van der Waals surface area contributed by atoms with Gasteiger partial charge in [-0.25, -0.2) is 4.98 Å². The number of nitrogens with zero attached hydrogens (tertiary/aromatic N) is 2. The predicted octanol–water partition coefficient (Wildman–Crippen LogP) is 6.98. The Morgan fingerprint density at radius 3 is 2.25 bits per heavy atom. The molecule has 166 valence electrons. The Hall–Kier alpha value is -3.07. The van der Waals surface area contributed by atoms with E-state index < -0.39 is 0 Å². The lowest BCUT2D eigenvalue weighted by molar-refractivity contribution is 0.303. The normalized spacial score (nSPS) is 11.7. The Balaban J connectivity index is 1.33. The molecule has 1 aromatic heterocycles. The number of ether oxygens (including phenoxy) is 1. The Morgan fingerprint density at radius 1 is 0.781 bits per heavy atom. The first-order valence-electron chi connectivity index (χ1n) is 11.7. The highest BCUT2D eigenvalue weighted by atomic mass is 16.5. The third-order valence-electron chi connectivity index (χ3n) is 5.98. The largest absolute Gasteiger partial charge is 0.494 e. The van der Waals surface area contributed by atoms with Crippen LogP contribution in [0.5, 0.6) is 5.75 Å². The minimum absolute atomic E-state index is 0.171. The molecule has 0 saturated carbocycles. The van der Waals surface area contributed by atoms with Crippen molar-refractivity contribution in [2.24, 2.45) is 0 Å². The van der Waals surface area contributed by atoms with E-state index in [1.165, 1.54) is 22.5 Å². The third kappa shape index (κ3) is 5.59. The lowest BCUT2D eigenvalue weighted by atomic mass is 9.87. The first-order valence-corrected chi connectivity index (χ1v) is 11.7. The standard InChI is InChI=1S/C29H34N2O/c1-29(2,3)24-16-18-25(19-17-24)32-22-10-9-21-31-27-14-8-7-13-26(27)30-28(31)20-15-23-11-5-4-6-12-23/h4-8,11-14,16-19H,9-10,15,20-22H2,1-3H3. The van der Waals surface area contributed by atoms with Crippen molar-refractivity contribution in [2.45, 2.75) is 58.4 Å². The molecule has 0 spiro atoms. The van der Waals surface area contributed by atoms with Crippen molar-refractivity contribution in [1.29, 1.82) is 0 Å². The van der Waals surface area contributed by atoms with E-state index in [0.29, 0.717) is 0 Å². The van der Waals surface area contributed by atoms with E-state index in [4.69, 9.17) is 9.72 Å². The molecule has 4 aromatic rings. The molecule has 0 aliphatic rings. The molecule has 0 aliphatic carbocycles. The molecule has 0 atom stereocenters. The van der Waals surface area contributed by atoms with Gasteiger partial charge < -0.3 is 9.30 Å². The Bertz CT molecular complexity index is 1120. The summed E-state index contributed by atoms with van der Waals surface area (Å²) in [6.07, 6.45) is 4.05. The van der Waals surface area contributed by atoms with Gasteiger partial charge >= 0.3 is 0 Å². The second-order valence-corrected chi connectivity index (χ2v) is 9.48. The van der Waals surface area contributed by atoms with Gasteiger partial charge in [-0.2, -0.15) is 0 Å². The molecule has 0 bridgehead atoms. The molecule has 1 heterocycles. The third-order valence-corrected chi connectivity index (χ3v) is 5.98. The average molecular weight is 427 g/mol. The SMILES string of the molecule is CC(C)(C)c1ccc(OCCCCn2c(CCc3ccccc3)nc3ccccc32)cc1. The lowest BCUT2D eigenvalue weighted by Gasteiger charge is -2.19. The molecule has 3 nitrogen and oxygen atoms in total. The number of benzene rings is 3. The molecule has 0 radical (unpaired) electrons.